The zero-order valence-electron chi connectivity index (χ0n) is 12.2. The zero-order valence-corrected chi connectivity index (χ0v) is 12.2. The second-order valence-corrected chi connectivity index (χ2v) is 5.68. The molecule has 1 aromatic carbocycles. The van der Waals surface area contributed by atoms with E-state index in [9.17, 15) is 4.39 Å². The highest BCUT2D eigenvalue weighted by atomic mass is 19.1. The summed E-state index contributed by atoms with van der Waals surface area (Å²) in [7, 11) is 0. The van der Waals surface area contributed by atoms with Crippen LogP contribution in [0.4, 0.5) is 4.39 Å². The predicted octanol–water partition coefficient (Wildman–Crippen LogP) is 3.35. The van der Waals surface area contributed by atoms with Crippen LogP contribution in [0.5, 0.6) is 0 Å². The Morgan fingerprint density at radius 2 is 2.00 bits per heavy atom. The van der Waals surface area contributed by atoms with Gasteiger partial charge in [0.2, 0.25) is 0 Å². The first-order valence-electron chi connectivity index (χ1n) is 7.36. The van der Waals surface area contributed by atoms with E-state index in [-0.39, 0.29) is 5.82 Å². The fourth-order valence-corrected chi connectivity index (χ4v) is 3.09. The SMILES string of the molecule is CCNC1CCN(C(C)C)C(c2ccc(F)cc2)C1. The molecule has 2 unspecified atom stereocenters. The summed E-state index contributed by atoms with van der Waals surface area (Å²) in [5, 5.41) is 3.55. The third-order valence-electron chi connectivity index (χ3n) is 4.05. The van der Waals surface area contributed by atoms with Gasteiger partial charge in [-0.15, -0.1) is 0 Å². The standard InChI is InChI=1S/C16H25FN2/c1-4-18-15-9-10-19(12(2)3)16(11-15)13-5-7-14(17)8-6-13/h5-8,12,15-16,18H,4,9-11H2,1-3H3. The number of likely N-dealkylation sites (tertiary alicyclic amines) is 1. The summed E-state index contributed by atoms with van der Waals surface area (Å²) in [5.74, 6) is -0.154. The molecule has 1 N–H and O–H groups in total. The van der Waals surface area contributed by atoms with Gasteiger partial charge in [-0.1, -0.05) is 19.1 Å². The van der Waals surface area contributed by atoms with E-state index in [1.807, 2.05) is 12.1 Å². The molecule has 1 saturated heterocycles. The van der Waals surface area contributed by atoms with E-state index in [1.54, 1.807) is 12.1 Å². The Kier molecular flexibility index (Phi) is 4.94. The van der Waals surface area contributed by atoms with Gasteiger partial charge in [0.1, 0.15) is 5.82 Å². The number of hydrogen-bond acceptors (Lipinski definition) is 2. The maximum atomic E-state index is 13.1. The van der Waals surface area contributed by atoms with Gasteiger partial charge in [-0.25, -0.2) is 4.39 Å². The van der Waals surface area contributed by atoms with E-state index < -0.39 is 0 Å². The Labute approximate surface area is 116 Å². The Morgan fingerprint density at radius 3 is 2.58 bits per heavy atom. The molecule has 2 atom stereocenters. The van der Waals surface area contributed by atoms with E-state index >= 15 is 0 Å². The van der Waals surface area contributed by atoms with Crippen LogP contribution in [0.25, 0.3) is 0 Å². The summed E-state index contributed by atoms with van der Waals surface area (Å²) in [6.07, 6.45) is 2.31. The quantitative estimate of drug-likeness (QED) is 0.897. The van der Waals surface area contributed by atoms with Gasteiger partial charge in [0.05, 0.1) is 0 Å². The lowest BCUT2D eigenvalue weighted by Gasteiger charge is -2.42. The average Bonchev–Trinajstić information content (AvgIpc) is 2.39. The van der Waals surface area contributed by atoms with Crippen molar-refractivity contribution in [3.63, 3.8) is 0 Å². The molecule has 1 aliphatic heterocycles. The van der Waals surface area contributed by atoms with Crippen LogP contribution in [0, 0.1) is 5.82 Å². The number of halogens is 1. The number of benzene rings is 1. The largest absolute Gasteiger partial charge is 0.314 e. The second kappa shape index (κ2) is 6.49. The van der Waals surface area contributed by atoms with Crippen molar-refractivity contribution in [2.24, 2.45) is 0 Å². The molecule has 19 heavy (non-hydrogen) atoms. The summed E-state index contributed by atoms with van der Waals surface area (Å²) in [6, 6.07) is 8.52. The molecule has 106 valence electrons. The minimum absolute atomic E-state index is 0.154. The van der Waals surface area contributed by atoms with Gasteiger partial charge in [0.25, 0.3) is 0 Å². The third kappa shape index (κ3) is 3.54. The Morgan fingerprint density at radius 1 is 1.32 bits per heavy atom. The molecule has 1 fully saturated rings. The lowest BCUT2D eigenvalue weighted by atomic mass is 9.90. The summed E-state index contributed by atoms with van der Waals surface area (Å²) in [6.45, 7) is 8.76. The van der Waals surface area contributed by atoms with E-state index in [4.69, 9.17) is 0 Å². The fourth-order valence-electron chi connectivity index (χ4n) is 3.09. The van der Waals surface area contributed by atoms with Crippen molar-refractivity contribution in [3.8, 4) is 0 Å². The van der Waals surface area contributed by atoms with Gasteiger partial charge < -0.3 is 5.32 Å². The third-order valence-corrected chi connectivity index (χ3v) is 4.05. The van der Waals surface area contributed by atoms with Crippen molar-refractivity contribution in [2.75, 3.05) is 13.1 Å². The van der Waals surface area contributed by atoms with Crippen molar-refractivity contribution >= 4 is 0 Å². The monoisotopic (exact) mass is 264 g/mol. The smallest absolute Gasteiger partial charge is 0.123 e. The molecule has 1 aromatic rings. The maximum absolute atomic E-state index is 13.1. The van der Waals surface area contributed by atoms with Crippen molar-refractivity contribution in [2.45, 2.75) is 51.7 Å². The zero-order chi connectivity index (χ0) is 13.8. The molecule has 0 spiro atoms. The van der Waals surface area contributed by atoms with Crippen LogP contribution < -0.4 is 5.32 Å². The summed E-state index contributed by atoms with van der Waals surface area (Å²) < 4.78 is 13.1. The Hall–Kier alpha value is -0.930. The normalized spacial score (nSPS) is 24.9. The second-order valence-electron chi connectivity index (χ2n) is 5.68. The van der Waals surface area contributed by atoms with Crippen molar-refractivity contribution in [3.05, 3.63) is 35.6 Å². The van der Waals surface area contributed by atoms with Crippen LogP contribution in [-0.4, -0.2) is 30.1 Å². The van der Waals surface area contributed by atoms with E-state index in [1.165, 1.54) is 12.0 Å². The van der Waals surface area contributed by atoms with Crippen molar-refractivity contribution in [1.82, 2.24) is 10.2 Å². The molecule has 0 bridgehead atoms. The minimum atomic E-state index is -0.154. The Bertz CT molecular complexity index is 388. The molecule has 2 rings (SSSR count). The molecular weight excluding hydrogens is 239 g/mol. The summed E-state index contributed by atoms with van der Waals surface area (Å²) in [4.78, 5) is 2.53. The van der Waals surface area contributed by atoms with E-state index in [0.29, 0.717) is 18.1 Å². The number of nitrogens with one attached hydrogen (secondary N) is 1. The summed E-state index contributed by atoms with van der Waals surface area (Å²) >= 11 is 0. The predicted molar refractivity (Wildman–Crippen MR) is 77.7 cm³/mol. The molecule has 0 aliphatic carbocycles. The van der Waals surface area contributed by atoms with Gasteiger partial charge in [-0.2, -0.15) is 0 Å². The fraction of sp³-hybridized carbons (Fsp3) is 0.625. The van der Waals surface area contributed by atoms with E-state index in [2.05, 4.69) is 31.0 Å². The van der Waals surface area contributed by atoms with Gasteiger partial charge in [0.15, 0.2) is 0 Å². The molecule has 3 heteroatoms. The van der Waals surface area contributed by atoms with Crippen LogP contribution in [0.15, 0.2) is 24.3 Å². The van der Waals surface area contributed by atoms with Crippen LogP contribution in [0.2, 0.25) is 0 Å². The first kappa shape index (κ1) is 14.5. The van der Waals surface area contributed by atoms with Gasteiger partial charge >= 0.3 is 0 Å². The van der Waals surface area contributed by atoms with Crippen LogP contribution in [-0.2, 0) is 0 Å². The molecule has 0 saturated carbocycles. The molecule has 0 aromatic heterocycles. The number of piperidine rings is 1. The summed E-state index contributed by atoms with van der Waals surface area (Å²) in [5.41, 5.74) is 1.23. The van der Waals surface area contributed by atoms with Crippen molar-refractivity contribution < 1.29 is 4.39 Å². The number of hydrogen-bond donors (Lipinski definition) is 1. The highest BCUT2D eigenvalue weighted by Gasteiger charge is 2.30. The number of rotatable bonds is 4. The van der Waals surface area contributed by atoms with Crippen LogP contribution in [0.3, 0.4) is 0 Å². The molecule has 1 aliphatic rings. The molecule has 2 nitrogen and oxygen atoms in total. The first-order valence-corrected chi connectivity index (χ1v) is 7.36. The molecular formula is C16H25FN2. The average molecular weight is 264 g/mol. The van der Waals surface area contributed by atoms with Gasteiger partial charge in [-0.3, -0.25) is 4.90 Å². The van der Waals surface area contributed by atoms with Crippen LogP contribution in [0.1, 0.15) is 45.2 Å². The van der Waals surface area contributed by atoms with Crippen LogP contribution >= 0.6 is 0 Å². The minimum Gasteiger partial charge on any atom is -0.314 e. The molecule has 1 heterocycles. The highest BCUT2D eigenvalue weighted by Crippen LogP contribution is 2.32. The molecule has 0 radical (unpaired) electrons. The topological polar surface area (TPSA) is 15.3 Å². The number of nitrogens with zero attached hydrogens (tertiary/aromatic N) is 1. The molecule has 0 amide bonds. The lowest BCUT2D eigenvalue weighted by molar-refractivity contribution is 0.0930. The Balaban J connectivity index is 2.17. The first-order chi connectivity index (χ1) is 9.11. The maximum Gasteiger partial charge on any atom is 0.123 e. The van der Waals surface area contributed by atoms with E-state index in [0.717, 1.165) is 19.5 Å². The van der Waals surface area contributed by atoms with Gasteiger partial charge in [-0.05, 0) is 50.9 Å². The highest BCUT2D eigenvalue weighted by molar-refractivity contribution is 5.21. The van der Waals surface area contributed by atoms with Gasteiger partial charge in [0, 0.05) is 24.7 Å². The van der Waals surface area contributed by atoms with Crippen molar-refractivity contribution in [1.29, 1.82) is 0 Å². The lowest BCUT2D eigenvalue weighted by Crippen LogP contribution is -2.46.